The third-order valence-electron chi connectivity index (χ3n) is 2.34. The molecular weight excluding hydrogens is 291 g/mol. The number of carbonyl (C=O) groups is 1. The summed E-state index contributed by atoms with van der Waals surface area (Å²) in [4.78, 5) is 11.8. The number of anilines is 1. The maximum atomic E-state index is 12.0. The molecule has 0 saturated carbocycles. The molecule has 0 spiro atoms. The maximum absolute atomic E-state index is 12.0. The van der Waals surface area contributed by atoms with Crippen molar-refractivity contribution in [1.82, 2.24) is 10.2 Å². The van der Waals surface area contributed by atoms with Crippen LogP contribution in [0.25, 0.3) is 0 Å². The van der Waals surface area contributed by atoms with Crippen LogP contribution in [-0.4, -0.2) is 22.5 Å². The molecule has 9 heteroatoms. The summed E-state index contributed by atoms with van der Waals surface area (Å²) in [6.45, 7) is 1.80. The number of nitrogens with zero attached hydrogens (tertiary/aromatic N) is 2. The summed E-state index contributed by atoms with van der Waals surface area (Å²) in [5, 5.41) is 9.59. The molecule has 0 radical (unpaired) electrons. The molecule has 1 aromatic heterocycles. The molecule has 0 atom stereocenters. The van der Waals surface area contributed by atoms with Crippen LogP contribution in [0.5, 0.6) is 5.75 Å². The molecule has 6 nitrogen and oxygen atoms in total. The van der Waals surface area contributed by atoms with Gasteiger partial charge in [-0.15, -0.1) is 18.3 Å². The van der Waals surface area contributed by atoms with E-state index in [0.29, 0.717) is 12.3 Å². The van der Waals surface area contributed by atoms with Crippen molar-refractivity contribution < 1.29 is 27.1 Å². The molecule has 0 saturated heterocycles. The molecule has 0 aliphatic carbocycles. The van der Waals surface area contributed by atoms with Gasteiger partial charge in [-0.1, -0.05) is 12.0 Å². The minimum Gasteiger partial charge on any atom is -0.408 e. The van der Waals surface area contributed by atoms with Crippen LogP contribution in [0, 0.1) is 0 Å². The topological polar surface area (TPSA) is 77.2 Å². The predicted molar refractivity (Wildman–Crippen MR) is 64.8 cm³/mol. The third-order valence-corrected chi connectivity index (χ3v) is 2.34. The lowest BCUT2D eigenvalue weighted by Crippen LogP contribution is -2.17. The number of benzene rings is 1. The SMILES string of the molecule is CCc1nnc(NC(=O)c2ccc(OC(F)(F)F)cc2)o1. The van der Waals surface area contributed by atoms with E-state index in [9.17, 15) is 18.0 Å². The van der Waals surface area contributed by atoms with Gasteiger partial charge in [0.2, 0.25) is 5.89 Å². The number of halogens is 3. The number of nitrogens with one attached hydrogen (secondary N) is 1. The molecule has 1 aromatic carbocycles. The molecule has 21 heavy (non-hydrogen) atoms. The van der Waals surface area contributed by atoms with E-state index >= 15 is 0 Å². The Kier molecular flexibility index (Phi) is 4.10. The highest BCUT2D eigenvalue weighted by Gasteiger charge is 2.31. The van der Waals surface area contributed by atoms with Crippen LogP contribution in [0.4, 0.5) is 19.2 Å². The lowest BCUT2D eigenvalue weighted by Gasteiger charge is -2.08. The van der Waals surface area contributed by atoms with Crippen molar-refractivity contribution in [2.24, 2.45) is 0 Å². The van der Waals surface area contributed by atoms with E-state index in [0.717, 1.165) is 12.1 Å². The summed E-state index contributed by atoms with van der Waals surface area (Å²) in [6.07, 6.45) is -4.25. The van der Waals surface area contributed by atoms with Crippen molar-refractivity contribution in [3.8, 4) is 5.75 Å². The van der Waals surface area contributed by atoms with Crippen LogP contribution in [0.3, 0.4) is 0 Å². The molecule has 2 rings (SSSR count). The summed E-state index contributed by atoms with van der Waals surface area (Å²) in [6, 6.07) is 4.37. The van der Waals surface area contributed by atoms with Gasteiger partial charge in [-0.3, -0.25) is 10.1 Å². The molecule has 1 N–H and O–H groups in total. The van der Waals surface area contributed by atoms with Gasteiger partial charge >= 0.3 is 12.4 Å². The van der Waals surface area contributed by atoms with Gasteiger partial charge in [0.1, 0.15) is 5.75 Å². The Hall–Kier alpha value is -2.58. The highest BCUT2D eigenvalue weighted by atomic mass is 19.4. The first-order chi connectivity index (χ1) is 9.87. The van der Waals surface area contributed by atoms with Gasteiger partial charge < -0.3 is 9.15 Å². The number of rotatable bonds is 4. The fourth-order valence-electron chi connectivity index (χ4n) is 1.42. The fraction of sp³-hybridized carbons (Fsp3) is 0.250. The molecule has 2 aromatic rings. The van der Waals surface area contributed by atoms with Crippen molar-refractivity contribution in [3.63, 3.8) is 0 Å². The van der Waals surface area contributed by atoms with E-state index in [4.69, 9.17) is 4.42 Å². The van der Waals surface area contributed by atoms with E-state index in [1.807, 2.05) is 0 Å². The standard InChI is InChI=1S/C12H10F3N3O3/c1-2-9-17-18-11(20-9)16-10(19)7-3-5-8(6-4-7)21-12(13,14)15/h3-6H,2H2,1H3,(H,16,18,19). The highest BCUT2D eigenvalue weighted by Crippen LogP contribution is 2.22. The number of ether oxygens (including phenoxy) is 1. The highest BCUT2D eigenvalue weighted by molar-refractivity contribution is 6.03. The van der Waals surface area contributed by atoms with Gasteiger partial charge in [0.15, 0.2) is 0 Å². The van der Waals surface area contributed by atoms with E-state index < -0.39 is 18.0 Å². The second kappa shape index (κ2) is 5.81. The average molecular weight is 301 g/mol. The second-order valence-corrected chi connectivity index (χ2v) is 3.88. The second-order valence-electron chi connectivity index (χ2n) is 3.88. The zero-order valence-corrected chi connectivity index (χ0v) is 10.8. The zero-order chi connectivity index (χ0) is 15.5. The summed E-state index contributed by atoms with van der Waals surface area (Å²) >= 11 is 0. The molecular formula is C12H10F3N3O3. The lowest BCUT2D eigenvalue weighted by molar-refractivity contribution is -0.274. The number of hydrogen-bond donors (Lipinski definition) is 1. The molecule has 0 aliphatic rings. The lowest BCUT2D eigenvalue weighted by atomic mass is 10.2. The van der Waals surface area contributed by atoms with Gasteiger partial charge in [0.05, 0.1) is 0 Å². The molecule has 0 fully saturated rings. The molecule has 0 aliphatic heterocycles. The maximum Gasteiger partial charge on any atom is 0.573 e. The predicted octanol–water partition coefficient (Wildman–Crippen LogP) is 2.78. The Balaban J connectivity index is 2.02. The van der Waals surface area contributed by atoms with Crippen LogP contribution >= 0.6 is 0 Å². The van der Waals surface area contributed by atoms with Gasteiger partial charge in [-0.05, 0) is 24.3 Å². The first-order valence-electron chi connectivity index (χ1n) is 5.87. The van der Waals surface area contributed by atoms with E-state index in [2.05, 4.69) is 20.3 Å². The van der Waals surface area contributed by atoms with Crippen LogP contribution in [0.2, 0.25) is 0 Å². The Morgan fingerprint density at radius 3 is 2.48 bits per heavy atom. The average Bonchev–Trinajstić information content (AvgIpc) is 2.85. The Morgan fingerprint density at radius 2 is 1.95 bits per heavy atom. The van der Waals surface area contributed by atoms with Gasteiger partial charge in [0.25, 0.3) is 5.91 Å². The minimum absolute atomic E-state index is 0.0764. The van der Waals surface area contributed by atoms with Gasteiger partial charge in [-0.2, -0.15) is 0 Å². The fourth-order valence-corrected chi connectivity index (χ4v) is 1.42. The largest absolute Gasteiger partial charge is 0.573 e. The number of hydrogen-bond acceptors (Lipinski definition) is 5. The monoisotopic (exact) mass is 301 g/mol. The third kappa shape index (κ3) is 4.20. The quantitative estimate of drug-likeness (QED) is 0.939. The Morgan fingerprint density at radius 1 is 1.29 bits per heavy atom. The van der Waals surface area contributed by atoms with Crippen LogP contribution in [0.1, 0.15) is 23.2 Å². The van der Waals surface area contributed by atoms with Gasteiger partial charge in [-0.25, -0.2) is 0 Å². The Bertz CT molecular complexity index is 623. The number of carbonyl (C=O) groups excluding carboxylic acids is 1. The van der Waals surface area contributed by atoms with Crippen LogP contribution in [-0.2, 0) is 6.42 Å². The summed E-state index contributed by atoms with van der Waals surface area (Å²) in [5.74, 6) is -0.635. The van der Waals surface area contributed by atoms with Crippen molar-refractivity contribution in [2.75, 3.05) is 5.32 Å². The van der Waals surface area contributed by atoms with Crippen molar-refractivity contribution in [3.05, 3.63) is 35.7 Å². The van der Waals surface area contributed by atoms with Crippen LogP contribution in [0.15, 0.2) is 28.7 Å². The van der Waals surface area contributed by atoms with Crippen molar-refractivity contribution in [1.29, 1.82) is 0 Å². The number of aromatic nitrogens is 2. The zero-order valence-electron chi connectivity index (χ0n) is 10.8. The summed E-state index contributed by atoms with van der Waals surface area (Å²) in [5.41, 5.74) is 0.126. The first kappa shape index (κ1) is 14.8. The molecule has 112 valence electrons. The summed E-state index contributed by atoms with van der Waals surface area (Å²) < 4.78 is 44.8. The Labute approximate surface area is 116 Å². The normalized spacial score (nSPS) is 11.2. The van der Waals surface area contributed by atoms with Gasteiger partial charge in [0, 0.05) is 12.0 Å². The van der Waals surface area contributed by atoms with E-state index in [1.54, 1.807) is 6.92 Å². The molecule has 0 bridgehead atoms. The van der Waals surface area contributed by atoms with Crippen LogP contribution < -0.4 is 10.1 Å². The smallest absolute Gasteiger partial charge is 0.408 e. The minimum atomic E-state index is -4.77. The molecule has 1 heterocycles. The molecule has 0 unspecified atom stereocenters. The molecule has 1 amide bonds. The number of alkyl halides is 3. The van der Waals surface area contributed by atoms with Crippen molar-refractivity contribution in [2.45, 2.75) is 19.7 Å². The van der Waals surface area contributed by atoms with E-state index in [1.165, 1.54) is 12.1 Å². The summed E-state index contributed by atoms with van der Waals surface area (Å²) in [7, 11) is 0. The number of aryl methyl sites for hydroxylation is 1. The van der Waals surface area contributed by atoms with Crippen molar-refractivity contribution >= 4 is 11.9 Å². The first-order valence-corrected chi connectivity index (χ1v) is 5.87. The number of amides is 1. The van der Waals surface area contributed by atoms with E-state index in [-0.39, 0.29) is 11.6 Å².